The van der Waals surface area contributed by atoms with Crippen LogP contribution in [0.15, 0.2) is 24.3 Å². The van der Waals surface area contributed by atoms with Gasteiger partial charge in [-0.15, -0.1) is 0 Å². The van der Waals surface area contributed by atoms with Crippen molar-refractivity contribution in [2.75, 3.05) is 11.9 Å². The minimum absolute atomic E-state index is 0.0717. The van der Waals surface area contributed by atoms with Crippen LogP contribution in [0.25, 0.3) is 0 Å². The van der Waals surface area contributed by atoms with Gasteiger partial charge in [-0.25, -0.2) is 0 Å². The fourth-order valence-electron chi connectivity index (χ4n) is 1.73. The van der Waals surface area contributed by atoms with E-state index in [1.54, 1.807) is 24.3 Å². The highest BCUT2D eigenvalue weighted by atomic mass is 16.2. The van der Waals surface area contributed by atoms with Gasteiger partial charge < -0.3 is 10.6 Å². The zero-order chi connectivity index (χ0) is 15.8. The summed E-state index contributed by atoms with van der Waals surface area (Å²) in [5.41, 5.74) is 1.04. The SMILES string of the molecule is CC(=O)c1cccc(NC(=O)CC(=O)NCCC(C)C)c1. The standard InChI is InChI=1S/C16H22N2O3/c1-11(2)7-8-17-15(20)10-16(21)18-14-6-4-5-13(9-14)12(3)19/h4-6,9,11H,7-8,10H2,1-3H3,(H,17,20)(H,18,21). The molecule has 0 aliphatic rings. The predicted octanol–water partition coefficient (Wildman–Crippen LogP) is 2.38. The Morgan fingerprint density at radius 3 is 2.48 bits per heavy atom. The summed E-state index contributed by atoms with van der Waals surface area (Å²) in [5, 5.41) is 5.32. The number of Topliss-reactive ketones (excluding diaryl/α,β-unsaturated/α-hetero) is 1. The Morgan fingerprint density at radius 2 is 1.86 bits per heavy atom. The maximum absolute atomic E-state index is 11.7. The third-order valence-electron chi connectivity index (χ3n) is 2.92. The Hall–Kier alpha value is -2.17. The van der Waals surface area contributed by atoms with Crippen molar-refractivity contribution in [2.45, 2.75) is 33.6 Å². The minimum Gasteiger partial charge on any atom is -0.356 e. The van der Waals surface area contributed by atoms with Crippen LogP contribution < -0.4 is 10.6 Å². The first kappa shape index (κ1) is 16.9. The summed E-state index contributed by atoms with van der Waals surface area (Å²) in [6.07, 6.45) is 0.663. The van der Waals surface area contributed by atoms with Crippen molar-refractivity contribution in [3.05, 3.63) is 29.8 Å². The maximum atomic E-state index is 11.7. The normalized spacial score (nSPS) is 10.3. The van der Waals surface area contributed by atoms with Crippen molar-refractivity contribution in [1.29, 1.82) is 0 Å². The Morgan fingerprint density at radius 1 is 1.14 bits per heavy atom. The summed E-state index contributed by atoms with van der Waals surface area (Å²) < 4.78 is 0. The molecule has 21 heavy (non-hydrogen) atoms. The molecule has 114 valence electrons. The largest absolute Gasteiger partial charge is 0.356 e. The monoisotopic (exact) mass is 290 g/mol. The van der Waals surface area contributed by atoms with E-state index in [1.165, 1.54) is 6.92 Å². The van der Waals surface area contributed by atoms with Crippen LogP contribution in [0.4, 0.5) is 5.69 Å². The molecule has 0 unspecified atom stereocenters. The van der Waals surface area contributed by atoms with Crippen LogP contribution in [0.1, 0.15) is 44.0 Å². The molecule has 0 radical (unpaired) electrons. The van der Waals surface area contributed by atoms with Gasteiger partial charge in [0.1, 0.15) is 6.42 Å². The molecule has 0 aromatic heterocycles. The van der Waals surface area contributed by atoms with E-state index in [0.717, 1.165) is 6.42 Å². The summed E-state index contributed by atoms with van der Waals surface area (Å²) in [7, 11) is 0. The fourth-order valence-corrected chi connectivity index (χ4v) is 1.73. The second-order valence-corrected chi connectivity index (χ2v) is 5.39. The van der Waals surface area contributed by atoms with E-state index in [1.807, 2.05) is 0 Å². The summed E-state index contributed by atoms with van der Waals surface area (Å²) in [6, 6.07) is 6.64. The van der Waals surface area contributed by atoms with Crippen molar-refractivity contribution in [3.63, 3.8) is 0 Å². The average molecular weight is 290 g/mol. The molecule has 2 amide bonds. The van der Waals surface area contributed by atoms with Gasteiger partial charge >= 0.3 is 0 Å². The number of anilines is 1. The lowest BCUT2D eigenvalue weighted by molar-refractivity contribution is -0.126. The molecule has 0 bridgehead atoms. The number of hydrogen-bond donors (Lipinski definition) is 2. The van der Waals surface area contributed by atoms with E-state index >= 15 is 0 Å². The number of rotatable bonds is 7. The lowest BCUT2D eigenvalue weighted by Gasteiger charge is -2.08. The number of hydrogen-bond acceptors (Lipinski definition) is 3. The lowest BCUT2D eigenvalue weighted by atomic mass is 10.1. The lowest BCUT2D eigenvalue weighted by Crippen LogP contribution is -2.29. The number of amides is 2. The van der Waals surface area contributed by atoms with E-state index in [0.29, 0.717) is 23.7 Å². The first-order valence-corrected chi connectivity index (χ1v) is 7.06. The molecule has 1 aromatic carbocycles. The van der Waals surface area contributed by atoms with Gasteiger partial charge in [0.25, 0.3) is 0 Å². The third kappa shape index (κ3) is 6.70. The second-order valence-electron chi connectivity index (χ2n) is 5.39. The van der Waals surface area contributed by atoms with Crippen LogP contribution in [0.2, 0.25) is 0 Å². The maximum Gasteiger partial charge on any atom is 0.233 e. The van der Waals surface area contributed by atoms with Crippen LogP contribution in [-0.2, 0) is 9.59 Å². The van der Waals surface area contributed by atoms with Crippen LogP contribution in [0.3, 0.4) is 0 Å². The Kier molecular flexibility index (Phi) is 6.59. The molecular formula is C16H22N2O3. The molecule has 2 N–H and O–H groups in total. The zero-order valence-electron chi connectivity index (χ0n) is 12.7. The molecule has 0 aliphatic heterocycles. The van der Waals surface area contributed by atoms with Gasteiger partial charge in [-0.3, -0.25) is 14.4 Å². The molecule has 1 aromatic rings. The smallest absolute Gasteiger partial charge is 0.233 e. The molecule has 5 nitrogen and oxygen atoms in total. The highest BCUT2D eigenvalue weighted by Crippen LogP contribution is 2.11. The van der Waals surface area contributed by atoms with E-state index in [-0.39, 0.29) is 18.1 Å². The highest BCUT2D eigenvalue weighted by Gasteiger charge is 2.10. The van der Waals surface area contributed by atoms with Crippen molar-refractivity contribution >= 4 is 23.3 Å². The van der Waals surface area contributed by atoms with Gasteiger partial charge in [-0.2, -0.15) is 0 Å². The number of carbonyl (C=O) groups excluding carboxylic acids is 3. The second kappa shape index (κ2) is 8.19. The van der Waals surface area contributed by atoms with E-state index < -0.39 is 5.91 Å². The molecule has 0 spiro atoms. The van der Waals surface area contributed by atoms with Gasteiger partial charge in [-0.05, 0) is 31.4 Å². The number of benzene rings is 1. The summed E-state index contributed by atoms with van der Waals surface area (Å²) in [6.45, 7) is 6.18. The summed E-state index contributed by atoms with van der Waals surface area (Å²) in [5.74, 6) is -0.250. The van der Waals surface area contributed by atoms with Gasteiger partial charge in [0.05, 0.1) is 0 Å². The molecule has 0 heterocycles. The molecule has 0 atom stereocenters. The van der Waals surface area contributed by atoms with Gasteiger partial charge in [0, 0.05) is 17.8 Å². The number of ketones is 1. The summed E-state index contributed by atoms with van der Waals surface area (Å²) >= 11 is 0. The topological polar surface area (TPSA) is 75.3 Å². The van der Waals surface area contributed by atoms with Crippen LogP contribution in [-0.4, -0.2) is 24.1 Å². The van der Waals surface area contributed by atoms with Crippen molar-refractivity contribution in [3.8, 4) is 0 Å². The Balaban J connectivity index is 2.44. The molecule has 5 heteroatoms. The molecule has 0 fully saturated rings. The van der Waals surface area contributed by atoms with Crippen LogP contribution in [0, 0.1) is 5.92 Å². The predicted molar refractivity (Wildman–Crippen MR) is 82.2 cm³/mol. The quantitative estimate of drug-likeness (QED) is 0.598. The first-order chi connectivity index (χ1) is 9.88. The van der Waals surface area contributed by atoms with E-state index in [2.05, 4.69) is 24.5 Å². The number of nitrogens with one attached hydrogen (secondary N) is 2. The molecular weight excluding hydrogens is 268 g/mol. The van der Waals surface area contributed by atoms with Gasteiger partial charge in [0.15, 0.2) is 5.78 Å². The fraction of sp³-hybridized carbons (Fsp3) is 0.438. The Labute approximate surface area is 125 Å². The van der Waals surface area contributed by atoms with Crippen LogP contribution >= 0.6 is 0 Å². The van der Waals surface area contributed by atoms with Gasteiger partial charge in [0.2, 0.25) is 11.8 Å². The first-order valence-electron chi connectivity index (χ1n) is 7.06. The zero-order valence-corrected chi connectivity index (χ0v) is 12.7. The molecule has 0 saturated heterocycles. The summed E-state index contributed by atoms with van der Waals surface area (Å²) in [4.78, 5) is 34.6. The van der Waals surface area contributed by atoms with Crippen molar-refractivity contribution in [2.24, 2.45) is 5.92 Å². The molecule has 1 rings (SSSR count). The Bertz CT molecular complexity index is 524. The highest BCUT2D eigenvalue weighted by molar-refractivity contribution is 6.04. The average Bonchev–Trinajstić information content (AvgIpc) is 2.38. The number of carbonyl (C=O) groups is 3. The van der Waals surface area contributed by atoms with Crippen molar-refractivity contribution in [1.82, 2.24) is 5.32 Å². The van der Waals surface area contributed by atoms with E-state index in [4.69, 9.17) is 0 Å². The van der Waals surface area contributed by atoms with Crippen LogP contribution in [0.5, 0.6) is 0 Å². The minimum atomic E-state index is -0.391. The van der Waals surface area contributed by atoms with Gasteiger partial charge in [-0.1, -0.05) is 26.0 Å². The molecule has 0 aliphatic carbocycles. The third-order valence-corrected chi connectivity index (χ3v) is 2.92. The van der Waals surface area contributed by atoms with Crippen molar-refractivity contribution < 1.29 is 14.4 Å². The van der Waals surface area contributed by atoms with E-state index in [9.17, 15) is 14.4 Å². The molecule has 0 saturated carbocycles.